The van der Waals surface area contributed by atoms with Crippen molar-refractivity contribution in [2.75, 3.05) is 16.9 Å². The maximum Gasteiger partial charge on any atom is 0.294 e. The van der Waals surface area contributed by atoms with Crippen molar-refractivity contribution in [3.63, 3.8) is 0 Å². The van der Waals surface area contributed by atoms with Gasteiger partial charge in [-0.1, -0.05) is 23.9 Å². The molecule has 26 heavy (non-hydrogen) atoms. The van der Waals surface area contributed by atoms with E-state index in [1.54, 1.807) is 6.07 Å². The first-order valence-electron chi connectivity index (χ1n) is 7.72. The topological polar surface area (TPSA) is 143 Å². The third-order valence-electron chi connectivity index (χ3n) is 3.71. The maximum atomic E-state index is 12.1. The van der Waals surface area contributed by atoms with Crippen LogP contribution >= 0.6 is 11.8 Å². The Morgan fingerprint density at radius 3 is 2.73 bits per heavy atom. The first-order chi connectivity index (χ1) is 12.3. The fourth-order valence-electron chi connectivity index (χ4n) is 2.10. The molecule has 1 heterocycles. The van der Waals surface area contributed by atoms with Crippen LogP contribution in [0.15, 0.2) is 28.2 Å². The van der Waals surface area contributed by atoms with Crippen molar-refractivity contribution in [2.45, 2.75) is 31.8 Å². The van der Waals surface area contributed by atoms with Crippen LogP contribution in [0.1, 0.15) is 23.2 Å². The Morgan fingerprint density at radius 2 is 2.04 bits per heavy atom. The van der Waals surface area contributed by atoms with Gasteiger partial charge in [0.15, 0.2) is 0 Å². The van der Waals surface area contributed by atoms with Gasteiger partial charge >= 0.3 is 0 Å². The van der Waals surface area contributed by atoms with E-state index in [0.717, 1.165) is 27.6 Å². The number of nitrogens with two attached hydrogens (primary N) is 1. The van der Waals surface area contributed by atoms with Crippen molar-refractivity contribution < 1.29 is 14.7 Å². The van der Waals surface area contributed by atoms with Crippen LogP contribution in [0.3, 0.4) is 0 Å². The summed E-state index contributed by atoms with van der Waals surface area (Å²) in [6, 6.07) is 5.60. The van der Waals surface area contributed by atoms with Crippen LogP contribution < -0.4 is 21.8 Å². The molecule has 10 heteroatoms. The minimum Gasteiger partial charge on any atom is -0.550 e. The van der Waals surface area contributed by atoms with Crippen LogP contribution in [-0.2, 0) is 16.0 Å². The van der Waals surface area contributed by atoms with Crippen LogP contribution in [0.5, 0.6) is 0 Å². The van der Waals surface area contributed by atoms with E-state index in [0.29, 0.717) is 5.69 Å². The number of hydrogen-bond donors (Lipinski definition) is 2. The molecule has 0 fully saturated rings. The molecule has 2 rings (SSSR count). The number of anilines is 1. The number of nitrogen functional groups attached to an aromatic ring is 1. The lowest BCUT2D eigenvalue weighted by molar-refractivity contribution is -0.305. The fourth-order valence-corrected chi connectivity index (χ4v) is 2.75. The number of carbonyl (C=O) groups excluding carboxylic acids is 2. The van der Waals surface area contributed by atoms with E-state index >= 15 is 0 Å². The molecule has 0 aliphatic heterocycles. The van der Waals surface area contributed by atoms with E-state index in [9.17, 15) is 19.5 Å². The van der Waals surface area contributed by atoms with Crippen LogP contribution in [0.4, 0.5) is 5.69 Å². The largest absolute Gasteiger partial charge is 0.550 e. The first kappa shape index (κ1) is 19.4. The number of aliphatic carboxylic acids is 1. The Bertz CT molecular complexity index is 897. The van der Waals surface area contributed by atoms with Crippen LogP contribution in [0.25, 0.3) is 0 Å². The summed E-state index contributed by atoms with van der Waals surface area (Å²) < 4.78 is 0.757. The summed E-state index contributed by atoms with van der Waals surface area (Å²) in [7, 11) is 0. The number of amides is 1. The van der Waals surface area contributed by atoms with Gasteiger partial charge < -0.3 is 21.1 Å². The van der Waals surface area contributed by atoms with Gasteiger partial charge in [0.25, 0.3) is 5.56 Å². The van der Waals surface area contributed by atoms with E-state index in [2.05, 4.69) is 15.5 Å². The number of thioether (sulfide) groups is 1. The minimum absolute atomic E-state index is 0.0168. The Balaban J connectivity index is 2.01. The summed E-state index contributed by atoms with van der Waals surface area (Å²) in [5.41, 5.74) is 2.02. The van der Waals surface area contributed by atoms with Crippen molar-refractivity contribution in [3.8, 4) is 0 Å². The molecule has 0 bridgehead atoms. The Hall–Kier alpha value is -2.88. The van der Waals surface area contributed by atoms with Gasteiger partial charge in [-0.25, -0.2) is 0 Å². The number of carboxylic acid groups (broad SMARTS) is 1. The third kappa shape index (κ3) is 4.82. The van der Waals surface area contributed by atoms with Gasteiger partial charge in [-0.2, -0.15) is 4.68 Å². The van der Waals surface area contributed by atoms with Gasteiger partial charge in [-0.3, -0.25) is 9.59 Å². The highest BCUT2D eigenvalue weighted by molar-refractivity contribution is 7.99. The number of aryl methyl sites for hydroxylation is 2. The van der Waals surface area contributed by atoms with Gasteiger partial charge in [-0.15, -0.1) is 10.2 Å². The van der Waals surface area contributed by atoms with Gasteiger partial charge in [0.05, 0.1) is 5.75 Å². The summed E-state index contributed by atoms with van der Waals surface area (Å²) >= 11 is 0.955. The second-order valence-corrected chi connectivity index (χ2v) is 6.50. The number of carbonyl (C=O) groups is 2. The van der Waals surface area contributed by atoms with E-state index < -0.39 is 11.5 Å². The monoisotopic (exact) mass is 376 g/mol. The van der Waals surface area contributed by atoms with E-state index in [-0.39, 0.29) is 35.4 Å². The molecule has 9 nitrogen and oxygen atoms in total. The smallest absolute Gasteiger partial charge is 0.294 e. The zero-order valence-electron chi connectivity index (χ0n) is 14.3. The average molecular weight is 376 g/mol. The summed E-state index contributed by atoms with van der Waals surface area (Å²) in [5, 5.41) is 20.8. The van der Waals surface area contributed by atoms with E-state index in [1.165, 1.54) is 0 Å². The van der Waals surface area contributed by atoms with Crippen molar-refractivity contribution in [3.05, 3.63) is 45.4 Å². The highest BCUT2D eigenvalue weighted by Crippen LogP contribution is 2.19. The lowest BCUT2D eigenvalue weighted by atomic mass is 10.1. The average Bonchev–Trinajstić information content (AvgIpc) is 2.59. The molecule has 0 unspecified atom stereocenters. The summed E-state index contributed by atoms with van der Waals surface area (Å²) in [6.07, 6.45) is -0.474. The molecule has 0 saturated carbocycles. The number of nitrogens with one attached hydrogen (secondary N) is 1. The summed E-state index contributed by atoms with van der Waals surface area (Å²) in [6.45, 7) is 3.86. The SMILES string of the molecule is Cc1cccc(NC(=O)CSc2nnc(CCC(=O)[O-])c(=O)n2N)c1C. The molecule has 138 valence electrons. The molecule has 3 N–H and O–H groups in total. The summed E-state index contributed by atoms with van der Waals surface area (Å²) in [5.74, 6) is 4.07. The first-order valence-corrected chi connectivity index (χ1v) is 8.70. The van der Waals surface area contributed by atoms with Gasteiger partial charge in [0.1, 0.15) is 5.69 Å². The van der Waals surface area contributed by atoms with Crippen molar-refractivity contribution in [1.29, 1.82) is 0 Å². The lowest BCUT2D eigenvalue weighted by Gasteiger charge is -2.11. The second kappa shape index (κ2) is 8.48. The third-order valence-corrected chi connectivity index (χ3v) is 4.65. The predicted molar refractivity (Wildman–Crippen MR) is 95.0 cm³/mol. The van der Waals surface area contributed by atoms with Crippen molar-refractivity contribution in [1.82, 2.24) is 14.9 Å². The normalized spacial score (nSPS) is 10.5. The molecule has 1 amide bonds. The number of benzene rings is 1. The molecule has 0 aliphatic rings. The van der Waals surface area contributed by atoms with Crippen molar-refractivity contribution >= 4 is 29.3 Å². The molecule has 1 aromatic carbocycles. The number of nitrogens with zero attached hydrogens (tertiary/aromatic N) is 3. The minimum atomic E-state index is -1.30. The predicted octanol–water partition coefficient (Wildman–Crippen LogP) is -0.618. The van der Waals surface area contributed by atoms with Crippen molar-refractivity contribution in [2.24, 2.45) is 0 Å². The quantitative estimate of drug-likeness (QED) is 0.481. The molecule has 0 spiro atoms. The zero-order valence-corrected chi connectivity index (χ0v) is 15.1. The molecule has 0 saturated heterocycles. The van der Waals surface area contributed by atoms with Crippen LogP contribution in [0.2, 0.25) is 0 Å². The number of carboxylic acids is 1. The second-order valence-electron chi connectivity index (χ2n) is 5.56. The van der Waals surface area contributed by atoms with E-state index in [1.807, 2.05) is 26.0 Å². The molecular weight excluding hydrogens is 358 g/mol. The molecule has 0 radical (unpaired) electrons. The molecule has 2 aromatic rings. The fraction of sp³-hybridized carbons (Fsp3) is 0.312. The standard InChI is InChI=1S/C16H19N5O4S/c1-9-4-3-5-11(10(9)2)18-13(22)8-26-16-20-19-12(6-7-14(23)24)15(25)21(16)17/h3-5H,6-8,17H2,1-2H3,(H,18,22)(H,23,24)/p-1. The Kier molecular flexibility index (Phi) is 6.34. The molecule has 1 aromatic heterocycles. The molecule has 0 aliphatic carbocycles. The van der Waals surface area contributed by atoms with Crippen LogP contribution in [-0.4, -0.2) is 32.5 Å². The van der Waals surface area contributed by atoms with Gasteiger partial charge in [0, 0.05) is 18.1 Å². The number of hydrogen-bond acceptors (Lipinski definition) is 8. The zero-order chi connectivity index (χ0) is 19.3. The highest BCUT2D eigenvalue weighted by Gasteiger charge is 2.13. The lowest BCUT2D eigenvalue weighted by Crippen LogP contribution is -2.34. The highest BCUT2D eigenvalue weighted by atomic mass is 32.2. The van der Waals surface area contributed by atoms with Gasteiger partial charge in [-0.05, 0) is 37.5 Å². The molecule has 0 atom stereocenters. The number of rotatable bonds is 7. The number of aromatic nitrogens is 3. The van der Waals surface area contributed by atoms with E-state index in [4.69, 9.17) is 5.84 Å². The molecular formula is C16H18N5O4S-. The van der Waals surface area contributed by atoms with Gasteiger partial charge in [0.2, 0.25) is 11.1 Å². The Morgan fingerprint density at radius 1 is 1.31 bits per heavy atom. The maximum absolute atomic E-state index is 12.1. The van der Waals surface area contributed by atoms with Crippen LogP contribution in [0, 0.1) is 13.8 Å². The summed E-state index contributed by atoms with van der Waals surface area (Å²) in [4.78, 5) is 34.6. The Labute approximate surface area is 153 Å².